The summed E-state index contributed by atoms with van der Waals surface area (Å²) in [5.74, 6) is -0.368. The number of carbonyl (C=O) groups is 1. The molecule has 1 heterocycles. The van der Waals surface area contributed by atoms with Crippen molar-refractivity contribution in [2.24, 2.45) is 5.73 Å². The van der Waals surface area contributed by atoms with E-state index in [9.17, 15) is 4.79 Å². The molecule has 1 amide bonds. The second-order valence-electron chi connectivity index (χ2n) is 3.73. The molecule has 0 radical (unpaired) electrons. The highest BCUT2D eigenvalue weighted by molar-refractivity contribution is 5.76. The topological polar surface area (TPSA) is 60.9 Å². The Morgan fingerprint density at radius 3 is 2.65 bits per heavy atom. The fourth-order valence-corrected chi connectivity index (χ4v) is 1.52. The van der Waals surface area contributed by atoms with Gasteiger partial charge in [0.25, 0.3) is 0 Å². The molecule has 0 aliphatic rings. The van der Waals surface area contributed by atoms with E-state index >= 15 is 0 Å². The number of allylic oxidation sites excluding steroid dienone is 6. The Hall–Kier alpha value is -2.36. The van der Waals surface area contributed by atoms with Crippen molar-refractivity contribution < 1.29 is 4.79 Å². The van der Waals surface area contributed by atoms with E-state index < -0.39 is 0 Å². The Morgan fingerprint density at radius 2 is 2.10 bits per heavy atom. The van der Waals surface area contributed by atoms with Crippen molar-refractivity contribution in [1.29, 1.82) is 0 Å². The SMILES string of the molecule is C=C/C=C\C(=C/C=C)Cn1cncc1CC(N)=O.CC. The third-order valence-corrected chi connectivity index (χ3v) is 2.29. The molecule has 0 unspecified atom stereocenters. The van der Waals surface area contributed by atoms with Crippen LogP contribution < -0.4 is 5.73 Å². The van der Waals surface area contributed by atoms with Gasteiger partial charge in [0.05, 0.1) is 12.7 Å². The summed E-state index contributed by atoms with van der Waals surface area (Å²) in [7, 11) is 0. The summed E-state index contributed by atoms with van der Waals surface area (Å²) in [6.45, 7) is 11.9. The van der Waals surface area contributed by atoms with E-state index in [4.69, 9.17) is 5.73 Å². The number of nitrogens with zero attached hydrogens (tertiary/aromatic N) is 2. The predicted octanol–water partition coefficient (Wildman–Crippen LogP) is 2.79. The molecule has 4 nitrogen and oxygen atoms in total. The molecule has 4 heteroatoms. The van der Waals surface area contributed by atoms with Gasteiger partial charge in [0, 0.05) is 18.4 Å². The van der Waals surface area contributed by atoms with Gasteiger partial charge in [-0.15, -0.1) is 0 Å². The van der Waals surface area contributed by atoms with Crippen LogP contribution in [-0.2, 0) is 17.8 Å². The minimum atomic E-state index is -0.368. The summed E-state index contributed by atoms with van der Waals surface area (Å²) < 4.78 is 1.88. The normalized spacial score (nSPS) is 10.8. The van der Waals surface area contributed by atoms with E-state index in [0.29, 0.717) is 6.54 Å². The van der Waals surface area contributed by atoms with E-state index in [1.54, 1.807) is 24.7 Å². The highest BCUT2D eigenvalue weighted by atomic mass is 16.1. The van der Waals surface area contributed by atoms with Gasteiger partial charge in [0.15, 0.2) is 0 Å². The largest absolute Gasteiger partial charge is 0.369 e. The summed E-state index contributed by atoms with van der Waals surface area (Å²) >= 11 is 0. The minimum Gasteiger partial charge on any atom is -0.369 e. The van der Waals surface area contributed by atoms with Crippen LogP contribution in [0.5, 0.6) is 0 Å². The summed E-state index contributed by atoms with van der Waals surface area (Å²) in [6.07, 6.45) is 12.6. The lowest BCUT2D eigenvalue weighted by Crippen LogP contribution is -2.16. The zero-order valence-electron chi connectivity index (χ0n) is 12.2. The van der Waals surface area contributed by atoms with E-state index in [1.165, 1.54) is 0 Å². The molecule has 0 aromatic carbocycles. The summed E-state index contributed by atoms with van der Waals surface area (Å²) in [5, 5.41) is 0. The van der Waals surface area contributed by atoms with Crippen molar-refractivity contribution in [1.82, 2.24) is 9.55 Å². The van der Waals surface area contributed by atoms with Crippen molar-refractivity contribution in [2.45, 2.75) is 26.8 Å². The second kappa shape index (κ2) is 10.6. The number of primary amides is 1. The molecule has 0 atom stereocenters. The number of nitrogens with two attached hydrogens (primary N) is 1. The third-order valence-electron chi connectivity index (χ3n) is 2.29. The number of hydrogen-bond acceptors (Lipinski definition) is 2. The number of carbonyl (C=O) groups excluding carboxylic acids is 1. The number of aromatic nitrogens is 2. The van der Waals surface area contributed by atoms with Gasteiger partial charge in [-0.3, -0.25) is 4.79 Å². The van der Waals surface area contributed by atoms with Gasteiger partial charge >= 0.3 is 0 Å². The molecule has 0 saturated carbocycles. The van der Waals surface area contributed by atoms with Gasteiger partial charge in [0.2, 0.25) is 5.91 Å². The van der Waals surface area contributed by atoms with Crippen LogP contribution in [0.4, 0.5) is 0 Å². The highest BCUT2D eigenvalue weighted by Gasteiger charge is 2.05. The second-order valence-corrected chi connectivity index (χ2v) is 3.73. The molecule has 20 heavy (non-hydrogen) atoms. The average molecular weight is 273 g/mol. The van der Waals surface area contributed by atoms with Crippen molar-refractivity contribution in [2.75, 3.05) is 0 Å². The first kappa shape index (κ1) is 17.6. The molecule has 108 valence electrons. The molecular weight excluding hydrogens is 250 g/mol. The van der Waals surface area contributed by atoms with Crippen LogP contribution >= 0.6 is 0 Å². The zero-order chi connectivity index (χ0) is 15.4. The first-order valence-electron chi connectivity index (χ1n) is 6.55. The Morgan fingerprint density at radius 1 is 1.40 bits per heavy atom. The lowest BCUT2D eigenvalue weighted by atomic mass is 10.2. The van der Waals surface area contributed by atoms with Gasteiger partial charge in [-0.2, -0.15) is 0 Å². The van der Waals surface area contributed by atoms with Crippen molar-refractivity contribution in [3.8, 4) is 0 Å². The quantitative estimate of drug-likeness (QED) is 0.776. The maximum atomic E-state index is 10.9. The van der Waals surface area contributed by atoms with Gasteiger partial charge in [-0.1, -0.05) is 57.4 Å². The Bertz CT molecular complexity index is 496. The van der Waals surface area contributed by atoms with Crippen LogP contribution in [0.25, 0.3) is 0 Å². The summed E-state index contributed by atoms with van der Waals surface area (Å²) in [5.41, 5.74) is 7.02. The van der Waals surface area contributed by atoms with Gasteiger partial charge in [-0.25, -0.2) is 4.98 Å². The van der Waals surface area contributed by atoms with Crippen LogP contribution in [0.3, 0.4) is 0 Å². The lowest BCUT2D eigenvalue weighted by molar-refractivity contribution is -0.117. The molecule has 1 aromatic rings. The lowest BCUT2D eigenvalue weighted by Gasteiger charge is -2.07. The molecule has 0 spiro atoms. The third kappa shape index (κ3) is 6.54. The highest BCUT2D eigenvalue weighted by Crippen LogP contribution is 2.07. The van der Waals surface area contributed by atoms with E-state index in [-0.39, 0.29) is 12.3 Å². The standard InChI is InChI=1S/C14H17N3O.C2H6/c1-3-5-7-12(6-4-2)10-17-11-16-9-13(17)8-14(15)18;1-2/h3-7,9,11H,1-2,8,10H2,(H2,15,18);1-2H3/b7-5-,12-6+;. The number of hydrogen-bond donors (Lipinski definition) is 1. The first-order valence-corrected chi connectivity index (χ1v) is 6.55. The van der Waals surface area contributed by atoms with Crippen LogP contribution in [-0.4, -0.2) is 15.5 Å². The smallest absolute Gasteiger partial charge is 0.223 e. The number of rotatable bonds is 7. The Kier molecular flexibility index (Phi) is 9.31. The Balaban J connectivity index is 0.00000172. The molecule has 2 N–H and O–H groups in total. The molecular formula is C16H23N3O. The molecule has 0 fully saturated rings. The number of amides is 1. The van der Waals surface area contributed by atoms with Crippen molar-refractivity contribution in [3.63, 3.8) is 0 Å². The summed E-state index contributed by atoms with van der Waals surface area (Å²) in [4.78, 5) is 15.0. The van der Waals surface area contributed by atoms with E-state index in [2.05, 4.69) is 18.1 Å². The van der Waals surface area contributed by atoms with Gasteiger partial charge < -0.3 is 10.3 Å². The maximum Gasteiger partial charge on any atom is 0.223 e. The van der Waals surface area contributed by atoms with E-state index in [0.717, 1.165) is 11.3 Å². The fraction of sp³-hybridized carbons (Fsp3) is 0.250. The van der Waals surface area contributed by atoms with Gasteiger partial charge in [0.1, 0.15) is 0 Å². The molecule has 1 rings (SSSR count). The predicted molar refractivity (Wildman–Crippen MR) is 84.1 cm³/mol. The molecule has 0 bridgehead atoms. The van der Waals surface area contributed by atoms with Crippen molar-refractivity contribution in [3.05, 3.63) is 67.3 Å². The van der Waals surface area contributed by atoms with Crippen LogP contribution in [0.2, 0.25) is 0 Å². The monoisotopic (exact) mass is 273 g/mol. The maximum absolute atomic E-state index is 10.9. The molecule has 1 aromatic heterocycles. The molecule has 0 saturated heterocycles. The number of imidazole rings is 1. The fourth-order valence-electron chi connectivity index (χ4n) is 1.52. The van der Waals surface area contributed by atoms with E-state index in [1.807, 2.05) is 36.6 Å². The zero-order valence-corrected chi connectivity index (χ0v) is 12.2. The van der Waals surface area contributed by atoms with Gasteiger partial charge in [-0.05, 0) is 5.57 Å². The molecule has 0 aliphatic heterocycles. The van der Waals surface area contributed by atoms with Crippen LogP contribution in [0.15, 0.2) is 61.6 Å². The van der Waals surface area contributed by atoms with Crippen molar-refractivity contribution >= 4 is 5.91 Å². The summed E-state index contributed by atoms with van der Waals surface area (Å²) in [6, 6.07) is 0. The minimum absolute atomic E-state index is 0.187. The molecule has 0 aliphatic carbocycles. The van der Waals surface area contributed by atoms with Crippen LogP contribution in [0, 0.1) is 0 Å². The van der Waals surface area contributed by atoms with Crippen LogP contribution in [0.1, 0.15) is 19.5 Å². The average Bonchev–Trinajstić information content (AvgIpc) is 2.85. The Labute approximate surface area is 121 Å². The first-order chi connectivity index (χ1) is 9.67.